The van der Waals surface area contributed by atoms with E-state index in [-0.39, 0.29) is 5.91 Å². The summed E-state index contributed by atoms with van der Waals surface area (Å²) in [4.78, 5) is 10.7. The Labute approximate surface area is 53.4 Å². The molecule has 2 fully saturated rings. The Morgan fingerprint density at radius 2 is 2.44 bits per heavy atom. The van der Waals surface area contributed by atoms with E-state index >= 15 is 0 Å². The molecule has 2 aliphatic rings. The summed E-state index contributed by atoms with van der Waals surface area (Å²) in [7, 11) is 0. The van der Waals surface area contributed by atoms with E-state index in [1.54, 1.807) is 0 Å². The summed E-state index contributed by atoms with van der Waals surface area (Å²) in [5.74, 6) is 0.658. The minimum Gasteiger partial charge on any atom is -0.379 e. The third kappa shape index (κ3) is 0.721. The maximum atomic E-state index is 10.7. The standard InChI is InChI=1S/C6H9NO2/c8-6-1-4-2-9-3-5(4)7-6/h4-5H,1-3H2,(H,7,8). The lowest BCUT2D eigenvalue weighted by molar-refractivity contribution is -0.120. The van der Waals surface area contributed by atoms with Crippen LogP contribution in [0.5, 0.6) is 0 Å². The van der Waals surface area contributed by atoms with Crippen LogP contribution in [-0.4, -0.2) is 25.2 Å². The van der Waals surface area contributed by atoms with Crippen LogP contribution < -0.4 is 5.32 Å². The van der Waals surface area contributed by atoms with Crippen LogP contribution in [-0.2, 0) is 9.53 Å². The molecule has 2 unspecified atom stereocenters. The molecule has 2 saturated heterocycles. The van der Waals surface area contributed by atoms with Crippen molar-refractivity contribution in [3.05, 3.63) is 0 Å². The number of fused-ring (bicyclic) bond motifs is 1. The molecule has 0 aliphatic carbocycles. The van der Waals surface area contributed by atoms with Gasteiger partial charge in [-0.15, -0.1) is 0 Å². The van der Waals surface area contributed by atoms with Crippen molar-refractivity contribution in [1.82, 2.24) is 5.32 Å². The average Bonchev–Trinajstić information content (AvgIpc) is 2.22. The van der Waals surface area contributed by atoms with Gasteiger partial charge in [0, 0.05) is 12.3 Å². The number of carbonyl (C=O) groups excluding carboxylic acids is 1. The van der Waals surface area contributed by atoms with Crippen LogP contribution in [0.15, 0.2) is 0 Å². The third-order valence-electron chi connectivity index (χ3n) is 1.99. The van der Waals surface area contributed by atoms with Crippen molar-refractivity contribution >= 4 is 5.91 Å². The summed E-state index contributed by atoms with van der Waals surface area (Å²) in [6, 6.07) is 0.331. The molecule has 2 aliphatic heterocycles. The molecule has 2 atom stereocenters. The number of hydrogen-bond acceptors (Lipinski definition) is 2. The van der Waals surface area contributed by atoms with E-state index in [0.29, 0.717) is 18.4 Å². The molecule has 0 aromatic rings. The predicted octanol–water partition coefficient (Wildman–Crippen LogP) is -0.479. The lowest BCUT2D eigenvalue weighted by Gasteiger charge is -2.01. The molecule has 1 amide bonds. The largest absolute Gasteiger partial charge is 0.379 e. The topological polar surface area (TPSA) is 38.3 Å². The Hall–Kier alpha value is -0.570. The van der Waals surface area contributed by atoms with E-state index in [4.69, 9.17) is 4.74 Å². The predicted molar refractivity (Wildman–Crippen MR) is 30.9 cm³/mol. The Balaban J connectivity index is 2.09. The Morgan fingerprint density at radius 3 is 3.22 bits per heavy atom. The van der Waals surface area contributed by atoms with Crippen LogP contribution in [0.25, 0.3) is 0 Å². The van der Waals surface area contributed by atoms with E-state index in [2.05, 4.69) is 5.32 Å². The van der Waals surface area contributed by atoms with Crippen LogP contribution in [0, 0.1) is 5.92 Å². The molecule has 0 radical (unpaired) electrons. The quantitative estimate of drug-likeness (QED) is 0.477. The highest BCUT2D eigenvalue weighted by Gasteiger charge is 2.36. The van der Waals surface area contributed by atoms with Gasteiger partial charge in [0.1, 0.15) is 0 Å². The molecule has 50 valence electrons. The van der Waals surface area contributed by atoms with Crippen molar-refractivity contribution in [2.24, 2.45) is 5.92 Å². The average molecular weight is 127 g/mol. The van der Waals surface area contributed by atoms with Crippen LogP contribution >= 0.6 is 0 Å². The molecule has 1 N–H and O–H groups in total. The molecule has 3 nitrogen and oxygen atoms in total. The highest BCUT2D eigenvalue weighted by atomic mass is 16.5. The van der Waals surface area contributed by atoms with Crippen molar-refractivity contribution < 1.29 is 9.53 Å². The van der Waals surface area contributed by atoms with Gasteiger partial charge in [-0.1, -0.05) is 0 Å². The summed E-state index contributed by atoms with van der Waals surface area (Å²) in [5.41, 5.74) is 0. The first kappa shape index (κ1) is 5.23. The number of ether oxygens (including phenoxy) is 1. The lowest BCUT2D eigenvalue weighted by Crippen LogP contribution is -2.28. The fraction of sp³-hybridized carbons (Fsp3) is 0.833. The number of rotatable bonds is 0. The molecule has 0 saturated carbocycles. The molecular weight excluding hydrogens is 118 g/mol. The van der Waals surface area contributed by atoms with Crippen LogP contribution in [0.3, 0.4) is 0 Å². The monoisotopic (exact) mass is 127 g/mol. The van der Waals surface area contributed by atoms with Gasteiger partial charge in [-0.05, 0) is 0 Å². The van der Waals surface area contributed by atoms with Gasteiger partial charge in [0.2, 0.25) is 5.91 Å². The van der Waals surface area contributed by atoms with E-state index in [1.165, 1.54) is 0 Å². The van der Waals surface area contributed by atoms with Crippen molar-refractivity contribution in [3.8, 4) is 0 Å². The number of amides is 1. The summed E-state index contributed by atoms with van der Waals surface area (Å²) in [5, 5.41) is 2.85. The Bertz CT molecular complexity index is 132. The molecule has 0 aromatic carbocycles. The van der Waals surface area contributed by atoms with Crippen LogP contribution in [0.4, 0.5) is 0 Å². The SMILES string of the molecule is O=C1CC2COCC2N1. The second kappa shape index (κ2) is 1.70. The molecule has 2 heterocycles. The molecular formula is C6H9NO2. The fourth-order valence-electron chi connectivity index (χ4n) is 1.46. The fourth-order valence-corrected chi connectivity index (χ4v) is 1.46. The van der Waals surface area contributed by atoms with Gasteiger partial charge in [-0.3, -0.25) is 4.79 Å². The summed E-state index contributed by atoms with van der Waals surface area (Å²) < 4.78 is 5.15. The lowest BCUT2D eigenvalue weighted by atomic mass is 10.1. The second-order valence-corrected chi connectivity index (χ2v) is 2.68. The maximum absolute atomic E-state index is 10.7. The van der Waals surface area contributed by atoms with Gasteiger partial charge in [0.25, 0.3) is 0 Å². The number of hydrogen-bond donors (Lipinski definition) is 1. The minimum atomic E-state index is 0.188. The first-order valence-corrected chi connectivity index (χ1v) is 3.23. The summed E-state index contributed by atoms with van der Waals surface area (Å²) >= 11 is 0. The zero-order valence-electron chi connectivity index (χ0n) is 5.09. The van der Waals surface area contributed by atoms with Crippen molar-refractivity contribution in [3.63, 3.8) is 0 Å². The number of nitrogens with one attached hydrogen (secondary N) is 1. The van der Waals surface area contributed by atoms with Gasteiger partial charge >= 0.3 is 0 Å². The first-order chi connectivity index (χ1) is 4.36. The van der Waals surface area contributed by atoms with Gasteiger partial charge in [0.15, 0.2) is 0 Å². The van der Waals surface area contributed by atoms with E-state index in [0.717, 1.165) is 13.2 Å². The zero-order chi connectivity index (χ0) is 6.27. The van der Waals surface area contributed by atoms with E-state index < -0.39 is 0 Å². The van der Waals surface area contributed by atoms with Crippen LogP contribution in [0.2, 0.25) is 0 Å². The van der Waals surface area contributed by atoms with Crippen molar-refractivity contribution in [2.75, 3.05) is 13.2 Å². The number of carbonyl (C=O) groups is 1. The molecule has 0 aromatic heterocycles. The van der Waals surface area contributed by atoms with Gasteiger partial charge in [0.05, 0.1) is 19.3 Å². The first-order valence-electron chi connectivity index (χ1n) is 3.23. The molecule has 3 heteroatoms. The van der Waals surface area contributed by atoms with Gasteiger partial charge < -0.3 is 10.1 Å². The van der Waals surface area contributed by atoms with Crippen molar-refractivity contribution in [1.29, 1.82) is 0 Å². The van der Waals surface area contributed by atoms with E-state index in [9.17, 15) is 4.79 Å². The third-order valence-corrected chi connectivity index (χ3v) is 1.99. The normalized spacial score (nSPS) is 40.7. The van der Waals surface area contributed by atoms with Crippen LogP contribution in [0.1, 0.15) is 6.42 Å². The molecule has 0 spiro atoms. The minimum absolute atomic E-state index is 0.188. The van der Waals surface area contributed by atoms with Gasteiger partial charge in [-0.25, -0.2) is 0 Å². The molecule has 0 bridgehead atoms. The zero-order valence-corrected chi connectivity index (χ0v) is 5.09. The Morgan fingerprint density at radius 1 is 1.56 bits per heavy atom. The second-order valence-electron chi connectivity index (χ2n) is 2.68. The van der Waals surface area contributed by atoms with E-state index in [1.807, 2.05) is 0 Å². The summed E-state index contributed by atoms with van der Waals surface area (Å²) in [6.45, 7) is 1.49. The maximum Gasteiger partial charge on any atom is 0.220 e. The van der Waals surface area contributed by atoms with Gasteiger partial charge in [-0.2, -0.15) is 0 Å². The smallest absolute Gasteiger partial charge is 0.220 e. The molecule has 9 heavy (non-hydrogen) atoms. The Kier molecular flexibility index (Phi) is 0.990. The highest BCUT2D eigenvalue weighted by molar-refractivity contribution is 5.79. The highest BCUT2D eigenvalue weighted by Crippen LogP contribution is 2.22. The van der Waals surface area contributed by atoms with Crippen molar-refractivity contribution in [2.45, 2.75) is 12.5 Å². The molecule has 2 rings (SSSR count). The summed E-state index contributed by atoms with van der Waals surface area (Å²) in [6.07, 6.45) is 0.671.